The van der Waals surface area contributed by atoms with E-state index >= 15 is 0 Å². The Labute approximate surface area is 112 Å². The maximum Gasteiger partial charge on any atom is 0.150 e. The van der Waals surface area contributed by atoms with E-state index in [1.54, 1.807) is 14.0 Å². The van der Waals surface area contributed by atoms with Crippen molar-refractivity contribution in [2.45, 2.75) is 58.6 Å². The lowest BCUT2D eigenvalue weighted by atomic mass is 9.90. The standard InChI is InChI=1S/C13H29NO3S/c1-6-13(4,17-5)12(14-7-2)10-9-11-18(15,16)8-3/h12,14H,6-11H2,1-5H3. The van der Waals surface area contributed by atoms with E-state index in [2.05, 4.69) is 26.1 Å². The molecule has 5 heteroatoms. The minimum Gasteiger partial charge on any atom is -0.377 e. The quantitative estimate of drug-likeness (QED) is 0.664. The topological polar surface area (TPSA) is 55.4 Å². The zero-order chi connectivity index (χ0) is 14.2. The molecule has 0 bridgehead atoms. The lowest BCUT2D eigenvalue weighted by molar-refractivity contribution is -0.0307. The zero-order valence-corrected chi connectivity index (χ0v) is 13.3. The van der Waals surface area contributed by atoms with Gasteiger partial charge in [-0.15, -0.1) is 0 Å². The molecule has 110 valence electrons. The molecule has 0 heterocycles. The molecule has 0 radical (unpaired) electrons. The highest BCUT2D eigenvalue weighted by atomic mass is 32.2. The molecule has 2 atom stereocenters. The van der Waals surface area contributed by atoms with Gasteiger partial charge in [0.2, 0.25) is 0 Å². The van der Waals surface area contributed by atoms with Crippen LogP contribution in [0.2, 0.25) is 0 Å². The van der Waals surface area contributed by atoms with Crippen LogP contribution in [0.15, 0.2) is 0 Å². The normalized spacial score (nSPS) is 17.4. The third-order valence-corrected chi connectivity index (χ3v) is 5.53. The van der Waals surface area contributed by atoms with E-state index in [4.69, 9.17) is 4.74 Å². The van der Waals surface area contributed by atoms with Crippen molar-refractivity contribution in [2.24, 2.45) is 0 Å². The largest absolute Gasteiger partial charge is 0.377 e. The molecule has 0 spiro atoms. The Balaban J connectivity index is 4.46. The van der Waals surface area contributed by atoms with Crippen molar-refractivity contribution in [3.05, 3.63) is 0 Å². The Morgan fingerprint density at radius 1 is 1.28 bits per heavy atom. The van der Waals surface area contributed by atoms with Crippen molar-refractivity contribution in [1.82, 2.24) is 5.32 Å². The van der Waals surface area contributed by atoms with Gasteiger partial charge in [0.25, 0.3) is 0 Å². The highest BCUT2D eigenvalue weighted by molar-refractivity contribution is 7.91. The SMILES string of the molecule is CCNC(CCCS(=O)(=O)CC)C(C)(CC)OC. The third kappa shape index (κ3) is 5.67. The van der Waals surface area contributed by atoms with Crippen LogP contribution in [0.25, 0.3) is 0 Å². The molecule has 1 N–H and O–H groups in total. The van der Waals surface area contributed by atoms with Gasteiger partial charge in [0.1, 0.15) is 9.84 Å². The predicted molar refractivity (Wildman–Crippen MR) is 76.7 cm³/mol. The first kappa shape index (κ1) is 17.9. The summed E-state index contributed by atoms with van der Waals surface area (Å²) < 4.78 is 28.6. The number of sulfone groups is 1. The van der Waals surface area contributed by atoms with Gasteiger partial charge in [-0.05, 0) is 32.7 Å². The molecule has 0 saturated carbocycles. The van der Waals surface area contributed by atoms with Gasteiger partial charge < -0.3 is 10.1 Å². The van der Waals surface area contributed by atoms with Crippen LogP contribution in [0.3, 0.4) is 0 Å². The van der Waals surface area contributed by atoms with E-state index in [1.165, 1.54) is 0 Å². The van der Waals surface area contributed by atoms with Crippen LogP contribution in [0.4, 0.5) is 0 Å². The Bertz CT molecular complexity index is 310. The van der Waals surface area contributed by atoms with E-state index in [0.717, 1.165) is 19.4 Å². The first-order valence-electron chi connectivity index (χ1n) is 6.84. The molecule has 0 fully saturated rings. The first-order valence-corrected chi connectivity index (χ1v) is 8.66. The number of hydrogen-bond donors (Lipinski definition) is 1. The first-order chi connectivity index (χ1) is 8.35. The summed E-state index contributed by atoms with van der Waals surface area (Å²) in [6.07, 6.45) is 2.42. The molecule has 0 saturated heterocycles. The Morgan fingerprint density at radius 2 is 1.89 bits per heavy atom. The number of rotatable bonds is 10. The van der Waals surface area contributed by atoms with E-state index in [0.29, 0.717) is 6.42 Å². The zero-order valence-electron chi connectivity index (χ0n) is 12.5. The predicted octanol–water partition coefficient (Wildman–Crippen LogP) is 1.99. The summed E-state index contributed by atoms with van der Waals surface area (Å²) in [6, 6.07) is 0.199. The maximum absolute atomic E-state index is 11.5. The number of nitrogens with one attached hydrogen (secondary N) is 1. The van der Waals surface area contributed by atoms with Gasteiger partial charge in [0.05, 0.1) is 11.4 Å². The summed E-state index contributed by atoms with van der Waals surface area (Å²) >= 11 is 0. The molecule has 4 nitrogen and oxygen atoms in total. The van der Waals surface area contributed by atoms with Crippen LogP contribution >= 0.6 is 0 Å². The summed E-state index contributed by atoms with van der Waals surface area (Å²) in [4.78, 5) is 0. The fourth-order valence-electron chi connectivity index (χ4n) is 2.05. The van der Waals surface area contributed by atoms with Gasteiger partial charge in [-0.25, -0.2) is 8.42 Å². The summed E-state index contributed by atoms with van der Waals surface area (Å²) in [5.41, 5.74) is -0.230. The van der Waals surface area contributed by atoms with Gasteiger partial charge in [-0.1, -0.05) is 20.8 Å². The van der Waals surface area contributed by atoms with Gasteiger partial charge >= 0.3 is 0 Å². The fourth-order valence-corrected chi connectivity index (χ4v) is 2.95. The van der Waals surface area contributed by atoms with E-state index in [-0.39, 0.29) is 23.1 Å². The Hall–Kier alpha value is -0.130. The molecular formula is C13H29NO3S. The second-order valence-corrected chi connectivity index (χ2v) is 7.33. The summed E-state index contributed by atoms with van der Waals surface area (Å²) in [5.74, 6) is 0.503. The van der Waals surface area contributed by atoms with Crippen molar-refractivity contribution < 1.29 is 13.2 Å². The monoisotopic (exact) mass is 279 g/mol. The third-order valence-electron chi connectivity index (χ3n) is 3.74. The van der Waals surface area contributed by atoms with Gasteiger partial charge in [0, 0.05) is 18.9 Å². The summed E-state index contributed by atoms with van der Waals surface area (Å²) in [5, 5.41) is 3.41. The highest BCUT2D eigenvalue weighted by Gasteiger charge is 2.31. The fraction of sp³-hybridized carbons (Fsp3) is 1.00. The van der Waals surface area contributed by atoms with Crippen LogP contribution in [0.1, 0.15) is 47.0 Å². The van der Waals surface area contributed by atoms with Gasteiger partial charge in [-0.2, -0.15) is 0 Å². The van der Waals surface area contributed by atoms with E-state index < -0.39 is 9.84 Å². The molecule has 0 aliphatic carbocycles. The average Bonchev–Trinajstić information content (AvgIpc) is 2.36. The number of methoxy groups -OCH3 is 1. The minimum absolute atomic E-state index is 0.199. The molecule has 0 aromatic heterocycles. The summed E-state index contributed by atoms with van der Waals surface area (Å²) in [7, 11) is -1.14. The van der Waals surface area contributed by atoms with Gasteiger partial charge in [0.15, 0.2) is 0 Å². The van der Waals surface area contributed by atoms with Crippen LogP contribution in [0, 0.1) is 0 Å². The molecule has 0 aromatic rings. The second-order valence-electron chi connectivity index (χ2n) is 4.86. The van der Waals surface area contributed by atoms with Crippen molar-refractivity contribution >= 4 is 9.84 Å². The maximum atomic E-state index is 11.5. The van der Waals surface area contributed by atoms with Crippen LogP contribution in [-0.4, -0.2) is 45.2 Å². The number of ether oxygens (including phenoxy) is 1. The number of likely N-dealkylation sites (N-methyl/N-ethyl adjacent to an activating group) is 1. The Kier molecular flexibility index (Phi) is 8.06. The van der Waals surface area contributed by atoms with E-state index in [9.17, 15) is 8.42 Å². The van der Waals surface area contributed by atoms with Crippen molar-refractivity contribution in [3.63, 3.8) is 0 Å². The average molecular weight is 279 g/mol. The van der Waals surface area contributed by atoms with Crippen molar-refractivity contribution in [3.8, 4) is 0 Å². The van der Waals surface area contributed by atoms with Crippen molar-refractivity contribution in [1.29, 1.82) is 0 Å². The molecular weight excluding hydrogens is 250 g/mol. The lowest BCUT2D eigenvalue weighted by Gasteiger charge is -2.36. The lowest BCUT2D eigenvalue weighted by Crippen LogP contribution is -2.49. The van der Waals surface area contributed by atoms with Crippen LogP contribution in [-0.2, 0) is 14.6 Å². The molecule has 0 aliphatic heterocycles. The van der Waals surface area contributed by atoms with Crippen molar-refractivity contribution in [2.75, 3.05) is 25.2 Å². The molecule has 0 rings (SSSR count). The Morgan fingerprint density at radius 3 is 2.28 bits per heavy atom. The molecule has 0 amide bonds. The summed E-state index contributed by atoms with van der Waals surface area (Å²) in [6.45, 7) is 8.79. The highest BCUT2D eigenvalue weighted by Crippen LogP contribution is 2.22. The minimum atomic E-state index is -2.86. The number of hydrogen-bond acceptors (Lipinski definition) is 4. The molecule has 18 heavy (non-hydrogen) atoms. The smallest absolute Gasteiger partial charge is 0.150 e. The van der Waals surface area contributed by atoms with E-state index in [1.807, 2.05) is 0 Å². The molecule has 2 unspecified atom stereocenters. The van der Waals surface area contributed by atoms with Crippen LogP contribution < -0.4 is 5.32 Å². The second kappa shape index (κ2) is 8.12. The van der Waals surface area contributed by atoms with Crippen LogP contribution in [0.5, 0.6) is 0 Å². The van der Waals surface area contributed by atoms with Gasteiger partial charge in [-0.3, -0.25) is 0 Å². The molecule has 0 aromatic carbocycles. The molecule has 0 aliphatic rings.